The number of nitrogens with one attached hydrogen (secondary N) is 2. The van der Waals surface area contributed by atoms with Crippen molar-refractivity contribution in [1.82, 2.24) is 10.2 Å². The summed E-state index contributed by atoms with van der Waals surface area (Å²) in [5.41, 5.74) is 4.15. The summed E-state index contributed by atoms with van der Waals surface area (Å²) in [5.74, 6) is -0.590. The van der Waals surface area contributed by atoms with Crippen LogP contribution in [-0.4, -0.2) is 45.6 Å². The summed E-state index contributed by atoms with van der Waals surface area (Å²) in [7, 11) is 0. The molecule has 4 rings (SSSR count). The molecule has 0 saturated heterocycles. The smallest absolute Gasteiger partial charge is 0.408 e. The van der Waals surface area contributed by atoms with Crippen molar-refractivity contribution in [3.05, 3.63) is 94.5 Å². The van der Waals surface area contributed by atoms with Gasteiger partial charge in [-0.3, -0.25) is 9.59 Å². The normalized spacial score (nSPS) is 14.4. The number of carbonyl (C=O) groups is 3. The molecular weight excluding hydrogens is 530 g/mol. The van der Waals surface area contributed by atoms with E-state index >= 15 is 0 Å². The Morgan fingerprint density at radius 3 is 2.07 bits per heavy atom. The molecule has 8 nitrogen and oxygen atoms in total. The van der Waals surface area contributed by atoms with Crippen LogP contribution in [-0.2, 0) is 20.7 Å². The summed E-state index contributed by atoms with van der Waals surface area (Å²) in [6.07, 6.45) is 0.940. The van der Waals surface area contributed by atoms with E-state index in [0.29, 0.717) is 0 Å². The van der Waals surface area contributed by atoms with E-state index in [9.17, 15) is 19.5 Å². The summed E-state index contributed by atoms with van der Waals surface area (Å²) in [5, 5.41) is 15.7. The Morgan fingerprint density at radius 2 is 1.50 bits per heavy atom. The lowest BCUT2D eigenvalue weighted by Gasteiger charge is -2.35. The second kappa shape index (κ2) is 12.7. The van der Waals surface area contributed by atoms with Gasteiger partial charge in [0.05, 0.1) is 0 Å². The van der Waals surface area contributed by atoms with Gasteiger partial charge in [-0.15, -0.1) is 0 Å². The minimum absolute atomic E-state index is 0.101. The number of phenols is 1. The number of amides is 3. The van der Waals surface area contributed by atoms with Gasteiger partial charge in [0, 0.05) is 18.2 Å². The molecule has 1 aliphatic carbocycles. The number of para-hydroxylation sites is 1. The van der Waals surface area contributed by atoms with E-state index in [2.05, 4.69) is 10.6 Å². The number of rotatable bonds is 9. The van der Waals surface area contributed by atoms with Crippen LogP contribution in [0.4, 0.5) is 10.5 Å². The Hall–Kier alpha value is -4.33. The zero-order chi connectivity index (χ0) is 30.6. The minimum atomic E-state index is -1.01. The molecule has 2 unspecified atom stereocenters. The molecule has 0 heterocycles. The molecule has 8 heteroatoms. The molecule has 42 heavy (non-hydrogen) atoms. The monoisotopic (exact) mass is 571 g/mol. The summed E-state index contributed by atoms with van der Waals surface area (Å²) in [4.78, 5) is 43.4. The topological polar surface area (TPSA) is 108 Å². The average molecular weight is 572 g/mol. The van der Waals surface area contributed by atoms with Crippen LogP contribution >= 0.6 is 0 Å². The number of aryl methyl sites for hydroxylation is 3. The highest BCUT2D eigenvalue weighted by molar-refractivity contribution is 6.00. The van der Waals surface area contributed by atoms with Crippen LogP contribution in [0, 0.1) is 20.8 Å². The van der Waals surface area contributed by atoms with E-state index in [1.165, 1.54) is 12.1 Å². The van der Waals surface area contributed by atoms with E-state index in [0.717, 1.165) is 46.3 Å². The number of phenolic OH excluding ortho intramolecular Hbond substituents is 1. The predicted octanol–water partition coefficient (Wildman–Crippen LogP) is 6.12. The largest absolute Gasteiger partial charge is 0.508 e. The third kappa shape index (κ3) is 7.69. The van der Waals surface area contributed by atoms with Crippen molar-refractivity contribution in [1.29, 1.82) is 0 Å². The molecule has 3 aromatic carbocycles. The van der Waals surface area contributed by atoms with Gasteiger partial charge in [0.2, 0.25) is 5.91 Å². The fourth-order valence-corrected chi connectivity index (χ4v) is 5.08. The number of carbonyl (C=O) groups excluding carboxylic acids is 3. The molecule has 222 valence electrons. The third-order valence-corrected chi connectivity index (χ3v) is 7.30. The first-order valence-electron chi connectivity index (χ1n) is 14.4. The molecule has 0 radical (unpaired) electrons. The zero-order valence-electron chi connectivity index (χ0n) is 25.2. The Balaban J connectivity index is 1.75. The quantitative estimate of drug-likeness (QED) is 0.287. The van der Waals surface area contributed by atoms with Gasteiger partial charge in [0.1, 0.15) is 23.4 Å². The van der Waals surface area contributed by atoms with Gasteiger partial charge in [-0.1, -0.05) is 54.6 Å². The molecule has 1 fully saturated rings. The van der Waals surface area contributed by atoms with Crippen molar-refractivity contribution in [2.45, 2.75) is 84.5 Å². The first-order valence-corrected chi connectivity index (χ1v) is 14.4. The van der Waals surface area contributed by atoms with Crippen molar-refractivity contribution in [3.8, 4) is 5.75 Å². The van der Waals surface area contributed by atoms with Crippen LogP contribution in [0.2, 0.25) is 0 Å². The lowest BCUT2D eigenvalue weighted by molar-refractivity contribution is -0.141. The van der Waals surface area contributed by atoms with Crippen molar-refractivity contribution >= 4 is 23.6 Å². The van der Waals surface area contributed by atoms with E-state index in [1.54, 1.807) is 37.8 Å². The molecule has 0 bridgehead atoms. The summed E-state index contributed by atoms with van der Waals surface area (Å²) >= 11 is 0. The highest BCUT2D eigenvalue weighted by Gasteiger charge is 2.44. The Kier molecular flexibility index (Phi) is 9.24. The van der Waals surface area contributed by atoms with E-state index in [4.69, 9.17) is 4.74 Å². The number of nitrogens with zero attached hydrogens (tertiary/aromatic N) is 1. The second-order valence-corrected chi connectivity index (χ2v) is 12.1. The Labute approximate surface area is 248 Å². The number of anilines is 1. The summed E-state index contributed by atoms with van der Waals surface area (Å²) < 4.78 is 5.51. The van der Waals surface area contributed by atoms with E-state index < -0.39 is 23.8 Å². The molecule has 2 atom stereocenters. The highest BCUT2D eigenvalue weighted by Crippen LogP contribution is 2.37. The van der Waals surface area contributed by atoms with Gasteiger partial charge in [-0.05, 0) is 94.3 Å². The molecule has 0 aromatic heterocycles. The van der Waals surface area contributed by atoms with E-state index in [1.807, 2.05) is 63.2 Å². The van der Waals surface area contributed by atoms with Gasteiger partial charge >= 0.3 is 6.09 Å². The minimum Gasteiger partial charge on any atom is -0.508 e. The van der Waals surface area contributed by atoms with Crippen LogP contribution in [0.15, 0.2) is 66.7 Å². The van der Waals surface area contributed by atoms with Crippen molar-refractivity contribution in [2.75, 3.05) is 5.32 Å². The number of alkyl carbamates (subject to hydrolysis) is 1. The maximum Gasteiger partial charge on any atom is 0.408 e. The van der Waals surface area contributed by atoms with Gasteiger partial charge in [-0.25, -0.2) is 4.79 Å². The van der Waals surface area contributed by atoms with Crippen molar-refractivity contribution in [2.24, 2.45) is 0 Å². The summed E-state index contributed by atoms with van der Waals surface area (Å²) in [6, 6.07) is 17.8. The number of hydrogen-bond acceptors (Lipinski definition) is 5. The molecule has 3 amide bonds. The summed E-state index contributed by atoms with van der Waals surface area (Å²) in [6.45, 7) is 11.1. The van der Waals surface area contributed by atoms with Crippen LogP contribution in [0.3, 0.4) is 0 Å². The van der Waals surface area contributed by atoms with Gasteiger partial charge in [0.15, 0.2) is 0 Å². The molecule has 0 spiro atoms. The van der Waals surface area contributed by atoms with Gasteiger partial charge < -0.3 is 25.4 Å². The zero-order valence-corrected chi connectivity index (χ0v) is 25.2. The fourth-order valence-electron chi connectivity index (χ4n) is 5.08. The third-order valence-electron chi connectivity index (χ3n) is 7.30. The molecule has 3 N–H and O–H groups in total. The lowest BCUT2D eigenvalue weighted by Crippen LogP contribution is -2.54. The molecular formula is C34H41N3O5. The first kappa shape index (κ1) is 30.6. The second-order valence-electron chi connectivity index (χ2n) is 12.1. The highest BCUT2D eigenvalue weighted by atomic mass is 16.6. The van der Waals surface area contributed by atoms with Gasteiger partial charge in [0.25, 0.3) is 5.91 Å². The molecule has 1 aliphatic rings. The maximum atomic E-state index is 14.5. The van der Waals surface area contributed by atoms with Crippen LogP contribution in [0.1, 0.15) is 67.5 Å². The number of aromatic hydroxyl groups is 1. The lowest BCUT2D eigenvalue weighted by atomic mass is 9.96. The van der Waals surface area contributed by atoms with Gasteiger partial charge in [-0.2, -0.15) is 0 Å². The Bertz CT molecular complexity index is 1420. The van der Waals surface area contributed by atoms with Crippen LogP contribution in [0.5, 0.6) is 5.75 Å². The fraction of sp³-hybridized carbons (Fsp3) is 0.382. The van der Waals surface area contributed by atoms with Crippen molar-refractivity contribution in [3.63, 3.8) is 0 Å². The standard InChI is InChI=1S/C34H41N3O5/c1-21-10-7-8-13-27(21)30(31(39)36-29-22(2)11-9-12-23(29)3)37(25-16-17-25)32(40)28(35-33(41)42-34(4,5)6)20-24-14-18-26(38)19-15-24/h7-15,18-19,25,28,30,38H,16-17,20H2,1-6H3,(H,35,41)(H,36,39). The van der Waals surface area contributed by atoms with Crippen LogP contribution in [0.25, 0.3) is 0 Å². The molecule has 0 aliphatic heterocycles. The number of benzene rings is 3. The van der Waals surface area contributed by atoms with E-state index in [-0.39, 0.29) is 30.0 Å². The molecule has 3 aromatic rings. The SMILES string of the molecule is Cc1ccccc1C(C(=O)Nc1c(C)cccc1C)N(C(=O)C(Cc1ccc(O)cc1)NC(=O)OC(C)(C)C)C1CC1. The maximum absolute atomic E-state index is 14.5. The first-order chi connectivity index (χ1) is 19.8. The number of ether oxygens (including phenoxy) is 1. The molecule has 1 saturated carbocycles. The Morgan fingerprint density at radius 1 is 0.905 bits per heavy atom. The van der Waals surface area contributed by atoms with Crippen molar-refractivity contribution < 1.29 is 24.2 Å². The number of hydrogen-bond donors (Lipinski definition) is 3. The predicted molar refractivity (Wildman–Crippen MR) is 163 cm³/mol. The van der Waals surface area contributed by atoms with Crippen LogP contribution < -0.4 is 10.6 Å². The average Bonchev–Trinajstić information content (AvgIpc) is 3.74.